The third-order valence-electron chi connectivity index (χ3n) is 2.78. The molecule has 1 heteroatoms. The number of hydrogen-bond donors (Lipinski definition) is 0. The monoisotopic (exact) mass is 241 g/mol. The number of nitrogens with zero attached hydrogens (tertiary/aromatic N) is 1. The van der Waals surface area contributed by atoms with Crippen LogP contribution in [0, 0.1) is 6.92 Å². The van der Waals surface area contributed by atoms with Gasteiger partial charge in [-0.15, -0.1) is 0 Å². The minimum Gasteiger partial charge on any atom is -0.256 e. The van der Waals surface area contributed by atoms with Crippen LogP contribution in [0.2, 0.25) is 0 Å². The normalized spacial score (nSPS) is 12.8. The average Bonchev–Trinajstić information content (AvgIpc) is 2.37. The Labute approximate surface area is 111 Å². The van der Waals surface area contributed by atoms with Gasteiger partial charge < -0.3 is 0 Å². The van der Waals surface area contributed by atoms with Gasteiger partial charge in [0.05, 0.1) is 5.69 Å². The van der Waals surface area contributed by atoms with E-state index in [9.17, 15) is 0 Å². The molecule has 0 radical (unpaired) electrons. The number of pyridine rings is 1. The lowest BCUT2D eigenvalue weighted by molar-refractivity contribution is 0.960. The van der Waals surface area contributed by atoms with Crippen LogP contribution >= 0.6 is 0 Å². The van der Waals surface area contributed by atoms with E-state index in [0.717, 1.165) is 12.1 Å². The summed E-state index contributed by atoms with van der Waals surface area (Å²) in [4.78, 5) is 4.52. The maximum Gasteiger partial charge on any atom is 0.0655 e. The first kappa shape index (κ1) is 14.4. The smallest absolute Gasteiger partial charge is 0.0655 e. The van der Waals surface area contributed by atoms with Gasteiger partial charge in [-0.3, -0.25) is 4.98 Å². The molecule has 0 N–H and O–H groups in total. The molecule has 0 bridgehead atoms. The summed E-state index contributed by atoms with van der Waals surface area (Å²) in [6, 6.07) is 2.21. The van der Waals surface area contributed by atoms with Crippen LogP contribution in [0.1, 0.15) is 50.4 Å². The standard InChI is InChI=1S/C17H23N/c1-5-8-11-15(9-6-2)16-12-14(4)17(10-7-3)18-13-16/h6-7,9-13H,5,8H2,1-4H3/b9-6?,10-7-,15-11+. The molecule has 0 saturated heterocycles. The summed E-state index contributed by atoms with van der Waals surface area (Å²) in [7, 11) is 0. The molecule has 0 unspecified atom stereocenters. The Morgan fingerprint density at radius 1 is 1.28 bits per heavy atom. The van der Waals surface area contributed by atoms with Crippen molar-refractivity contribution in [2.45, 2.75) is 40.5 Å². The molecule has 0 aliphatic rings. The molecule has 1 nitrogen and oxygen atoms in total. The van der Waals surface area contributed by atoms with E-state index in [-0.39, 0.29) is 0 Å². The molecular weight excluding hydrogens is 218 g/mol. The van der Waals surface area contributed by atoms with Crippen molar-refractivity contribution < 1.29 is 0 Å². The number of unbranched alkanes of at least 4 members (excludes halogenated alkanes) is 1. The molecule has 18 heavy (non-hydrogen) atoms. The van der Waals surface area contributed by atoms with Crippen LogP contribution in [-0.2, 0) is 0 Å². The lowest BCUT2D eigenvalue weighted by Crippen LogP contribution is -1.91. The van der Waals surface area contributed by atoms with Crippen molar-refractivity contribution in [2.24, 2.45) is 0 Å². The Bertz CT molecular complexity index is 464. The molecule has 1 aromatic rings. The zero-order valence-electron chi connectivity index (χ0n) is 11.9. The third-order valence-corrected chi connectivity index (χ3v) is 2.78. The van der Waals surface area contributed by atoms with Crippen LogP contribution in [0.15, 0.2) is 36.6 Å². The molecule has 0 saturated carbocycles. The summed E-state index contributed by atoms with van der Waals surface area (Å²) < 4.78 is 0. The molecule has 0 aromatic carbocycles. The predicted molar refractivity (Wildman–Crippen MR) is 81.4 cm³/mol. The predicted octanol–water partition coefficient (Wildman–Crippen LogP) is 5.18. The van der Waals surface area contributed by atoms with E-state index in [0.29, 0.717) is 0 Å². The van der Waals surface area contributed by atoms with Crippen molar-refractivity contribution in [3.63, 3.8) is 0 Å². The number of aromatic nitrogens is 1. The molecule has 1 rings (SSSR count). The third kappa shape index (κ3) is 3.99. The van der Waals surface area contributed by atoms with Gasteiger partial charge >= 0.3 is 0 Å². The van der Waals surface area contributed by atoms with Crippen LogP contribution < -0.4 is 0 Å². The Balaban J connectivity index is 3.10. The van der Waals surface area contributed by atoms with Gasteiger partial charge in [0.1, 0.15) is 0 Å². The van der Waals surface area contributed by atoms with Gasteiger partial charge in [-0.05, 0) is 56.0 Å². The van der Waals surface area contributed by atoms with Crippen molar-refractivity contribution >= 4 is 11.6 Å². The van der Waals surface area contributed by atoms with Gasteiger partial charge in [-0.2, -0.15) is 0 Å². The topological polar surface area (TPSA) is 12.9 Å². The number of rotatable bonds is 5. The second-order valence-electron chi connectivity index (χ2n) is 4.37. The Hall–Kier alpha value is -1.63. The fourth-order valence-corrected chi connectivity index (χ4v) is 1.84. The van der Waals surface area contributed by atoms with Crippen molar-refractivity contribution in [1.29, 1.82) is 0 Å². The number of allylic oxidation sites excluding steroid dienone is 5. The van der Waals surface area contributed by atoms with E-state index < -0.39 is 0 Å². The Kier molecular flexibility index (Phi) is 6.13. The number of hydrogen-bond acceptors (Lipinski definition) is 1. The molecule has 0 atom stereocenters. The second-order valence-corrected chi connectivity index (χ2v) is 4.37. The van der Waals surface area contributed by atoms with Crippen molar-refractivity contribution in [3.05, 3.63) is 53.4 Å². The van der Waals surface area contributed by atoms with Gasteiger partial charge in [0, 0.05) is 6.20 Å². The molecule has 0 aliphatic carbocycles. The van der Waals surface area contributed by atoms with E-state index >= 15 is 0 Å². The maximum absolute atomic E-state index is 4.52. The fourth-order valence-electron chi connectivity index (χ4n) is 1.84. The average molecular weight is 241 g/mol. The van der Waals surface area contributed by atoms with Crippen molar-refractivity contribution in [1.82, 2.24) is 4.98 Å². The quantitative estimate of drug-likeness (QED) is 0.647. The first-order valence-corrected chi connectivity index (χ1v) is 6.65. The van der Waals surface area contributed by atoms with Gasteiger partial charge in [0.2, 0.25) is 0 Å². The lowest BCUT2D eigenvalue weighted by Gasteiger charge is -2.06. The van der Waals surface area contributed by atoms with Crippen LogP contribution in [0.4, 0.5) is 0 Å². The summed E-state index contributed by atoms with van der Waals surface area (Å²) >= 11 is 0. The van der Waals surface area contributed by atoms with Crippen LogP contribution in [0.25, 0.3) is 11.6 Å². The first-order chi connectivity index (χ1) is 8.72. The highest BCUT2D eigenvalue weighted by molar-refractivity contribution is 5.74. The largest absolute Gasteiger partial charge is 0.256 e. The molecule has 0 fully saturated rings. The zero-order chi connectivity index (χ0) is 13.4. The summed E-state index contributed by atoms with van der Waals surface area (Å²) in [6.45, 7) is 8.37. The Morgan fingerprint density at radius 2 is 2.06 bits per heavy atom. The molecule has 0 aliphatic heterocycles. The SMILES string of the molecule is CC=C/C(=C\CCC)c1cnc(/C=C\C)c(C)c1. The van der Waals surface area contributed by atoms with Crippen molar-refractivity contribution in [2.75, 3.05) is 0 Å². The Morgan fingerprint density at radius 3 is 2.61 bits per heavy atom. The van der Waals surface area contributed by atoms with Gasteiger partial charge in [-0.25, -0.2) is 0 Å². The van der Waals surface area contributed by atoms with Crippen LogP contribution in [0.5, 0.6) is 0 Å². The van der Waals surface area contributed by atoms with E-state index in [2.05, 4.69) is 43.1 Å². The molecule has 96 valence electrons. The molecule has 1 heterocycles. The molecular formula is C17H23N. The molecule has 0 amide bonds. The first-order valence-electron chi connectivity index (χ1n) is 6.65. The minimum absolute atomic E-state index is 1.05. The van der Waals surface area contributed by atoms with Crippen LogP contribution in [0.3, 0.4) is 0 Å². The highest BCUT2D eigenvalue weighted by Gasteiger charge is 2.02. The highest BCUT2D eigenvalue weighted by Crippen LogP contribution is 2.19. The highest BCUT2D eigenvalue weighted by atomic mass is 14.7. The molecule has 1 aromatic heterocycles. The summed E-state index contributed by atoms with van der Waals surface area (Å²) in [6.07, 6.45) is 14.8. The second kappa shape index (κ2) is 7.65. The summed E-state index contributed by atoms with van der Waals surface area (Å²) in [5.41, 5.74) is 4.74. The van der Waals surface area contributed by atoms with E-state index in [1.54, 1.807) is 0 Å². The summed E-state index contributed by atoms with van der Waals surface area (Å²) in [5, 5.41) is 0. The van der Waals surface area contributed by atoms with E-state index in [4.69, 9.17) is 0 Å². The number of aryl methyl sites for hydroxylation is 1. The minimum atomic E-state index is 1.05. The van der Waals surface area contributed by atoms with Crippen molar-refractivity contribution in [3.8, 4) is 0 Å². The molecule has 0 spiro atoms. The van der Waals surface area contributed by atoms with E-state index in [1.165, 1.54) is 23.1 Å². The van der Waals surface area contributed by atoms with E-state index in [1.807, 2.05) is 32.2 Å². The van der Waals surface area contributed by atoms with Crippen LogP contribution in [-0.4, -0.2) is 4.98 Å². The summed E-state index contributed by atoms with van der Waals surface area (Å²) in [5.74, 6) is 0. The lowest BCUT2D eigenvalue weighted by atomic mass is 10.0. The van der Waals surface area contributed by atoms with Gasteiger partial charge in [0.25, 0.3) is 0 Å². The van der Waals surface area contributed by atoms with Gasteiger partial charge in [0.15, 0.2) is 0 Å². The maximum atomic E-state index is 4.52. The fraction of sp³-hybridized carbons (Fsp3) is 0.353. The van der Waals surface area contributed by atoms with Gasteiger partial charge in [-0.1, -0.05) is 37.6 Å². The zero-order valence-corrected chi connectivity index (χ0v) is 11.9.